The monoisotopic (exact) mass is 252 g/mol. The molecule has 18 heavy (non-hydrogen) atoms. The molecule has 1 heterocycles. The van der Waals surface area contributed by atoms with E-state index >= 15 is 0 Å². The second kappa shape index (κ2) is 5.13. The van der Waals surface area contributed by atoms with Gasteiger partial charge in [0, 0.05) is 30.2 Å². The van der Waals surface area contributed by atoms with Crippen LogP contribution in [-0.2, 0) is 0 Å². The highest BCUT2D eigenvalue weighted by Gasteiger charge is 2.43. The summed E-state index contributed by atoms with van der Waals surface area (Å²) in [7, 11) is 0. The highest BCUT2D eigenvalue weighted by atomic mass is 15.3. The maximum atomic E-state index is 3.73. The molecule has 1 saturated heterocycles. The van der Waals surface area contributed by atoms with E-state index in [9.17, 15) is 0 Å². The highest BCUT2D eigenvalue weighted by molar-refractivity contribution is 5.01. The van der Waals surface area contributed by atoms with Crippen molar-refractivity contribution in [2.45, 2.75) is 83.8 Å². The normalized spacial score (nSPS) is 32.7. The first-order chi connectivity index (χ1) is 8.34. The van der Waals surface area contributed by atoms with E-state index in [1.54, 1.807) is 0 Å². The third-order valence-corrected chi connectivity index (χ3v) is 5.15. The smallest absolute Gasteiger partial charge is 0.0253 e. The molecule has 1 N–H and O–H groups in total. The van der Waals surface area contributed by atoms with Crippen LogP contribution < -0.4 is 5.32 Å². The van der Waals surface area contributed by atoms with Gasteiger partial charge in [-0.2, -0.15) is 0 Å². The third-order valence-electron chi connectivity index (χ3n) is 5.15. The van der Waals surface area contributed by atoms with E-state index in [-0.39, 0.29) is 5.54 Å². The Kier molecular flexibility index (Phi) is 4.08. The van der Waals surface area contributed by atoms with Gasteiger partial charge in [-0.1, -0.05) is 33.1 Å². The van der Waals surface area contributed by atoms with Crippen LogP contribution in [0.5, 0.6) is 0 Å². The van der Waals surface area contributed by atoms with Crippen LogP contribution in [0.1, 0.15) is 66.7 Å². The van der Waals surface area contributed by atoms with Crippen molar-refractivity contribution in [3.63, 3.8) is 0 Å². The van der Waals surface area contributed by atoms with Crippen LogP contribution in [0, 0.1) is 5.92 Å². The first kappa shape index (κ1) is 14.3. The predicted octanol–water partition coefficient (Wildman–Crippen LogP) is 3.42. The summed E-state index contributed by atoms with van der Waals surface area (Å²) >= 11 is 0. The second-order valence-electron chi connectivity index (χ2n) is 7.76. The van der Waals surface area contributed by atoms with E-state index in [1.807, 2.05) is 0 Å². The molecule has 2 aliphatic rings. The fraction of sp³-hybridized carbons (Fsp3) is 1.00. The number of piperazine rings is 1. The number of hydrogen-bond acceptors (Lipinski definition) is 2. The van der Waals surface area contributed by atoms with Crippen molar-refractivity contribution in [1.82, 2.24) is 10.2 Å². The SMILES string of the molecule is CC(C)C1CNC(C)(C)CN1C1(C)CCCCC1. The molecule has 1 atom stereocenters. The molecule has 1 unspecified atom stereocenters. The lowest BCUT2D eigenvalue weighted by Gasteiger charge is -2.55. The molecule has 1 aliphatic heterocycles. The summed E-state index contributed by atoms with van der Waals surface area (Å²) in [5.41, 5.74) is 0.721. The fourth-order valence-corrected chi connectivity index (χ4v) is 3.88. The largest absolute Gasteiger partial charge is 0.309 e. The minimum Gasteiger partial charge on any atom is -0.309 e. The molecular formula is C16H32N2. The van der Waals surface area contributed by atoms with Gasteiger partial charge in [-0.3, -0.25) is 4.90 Å². The van der Waals surface area contributed by atoms with Gasteiger partial charge in [0.25, 0.3) is 0 Å². The molecule has 1 aliphatic carbocycles. The average molecular weight is 252 g/mol. The van der Waals surface area contributed by atoms with Crippen molar-refractivity contribution < 1.29 is 0 Å². The Morgan fingerprint density at radius 1 is 1.06 bits per heavy atom. The van der Waals surface area contributed by atoms with E-state index in [4.69, 9.17) is 0 Å². The first-order valence-corrected chi connectivity index (χ1v) is 7.86. The number of nitrogens with zero attached hydrogens (tertiary/aromatic N) is 1. The van der Waals surface area contributed by atoms with Crippen LogP contribution in [0.25, 0.3) is 0 Å². The fourth-order valence-electron chi connectivity index (χ4n) is 3.88. The molecule has 2 fully saturated rings. The van der Waals surface area contributed by atoms with Gasteiger partial charge >= 0.3 is 0 Å². The van der Waals surface area contributed by atoms with Crippen LogP contribution in [0.2, 0.25) is 0 Å². The average Bonchev–Trinajstić information content (AvgIpc) is 2.28. The lowest BCUT2D eigenvalue weighted by atomic mass is 9.78. The molecule has 0 aromatic heterocycles. The molecular weight excluding hydrogens is 220 g/mol. The van der Waals surface area contributed by atoms with Crippen molar-refractivity contribution >= 4 is 0 Å². The lowest BCUT2D eigenvalue weighted by molar-refractivity contribution is -0.0352. The lowest BCUT2D eigenvalue weighted by Crippen LogP contribution is -2.68. The van der Waals surface area contributed by atoms with Crippen LogP contribution >= 0.6 is 0 Å². The Labute approximate surface area is 114 Å². The summed E-state index contributed by atoms with van der Waals surface area (Å²) < 4.78 is 0. The van der Waals surface area contributed by atoms with Gasteiger partial charge in [-0.25, -0.2) is 0 Å². The molecule has 0 bridgehead atoms. The summed E-state index contributed by atoms with van der Waals surface area (Å²) in [6.45, 7) is 14.3. The van der Waals surface area contributed by atoms with Gasteiger partial charge in [0.1, 0.15) is 0 Å². The molecule has 0 radical (unpaired) electrons. The summed E-state index contributed by atoms with van der Waals surface area (Å²) in [5.74, 6) is 0.743. The number of hydrogen-bond donors (Lipinski definition) is 1. The molecule has 1 saturated carbocycles. The van der Waals surface area contributed by atoms with Crippen molar-refractivity contribution in [2.24, 2.45) is 5.92 Å². The Bertz CT molecular complexity index is 277. The molecule has 2 nitrogen and oxygen atoms in total. The quantitative estimate of drug-likeness (QED) is 0.810. The molecule has 0 amide bonds. The summed E-state index contributed by atoms with van der Waals surface area (Å²) in [4.78, 5) is 2.85. The van der Waals surface area contributed by atoms with E-state index < -0.39 is 0 Å². The minimum absolute atomic E-state index is 0.270. The Morgan fingerprint density at radius 2 is 1.67 bits per heavy atom. The number of nitrogens with one attached hydrogen (secondary N) is 1. The Hall–Kier alpha value is -0.0800. The molecule has 0 aromatic rings. The van der Waals surface area contributed by atoms with E-state index in [2.05, 4.69) is 44.8 Å². The van der Waals surface area contributed by atoms with Crippen molar-refractivity contribution in [3.8, 4) is 0 Å². The summed E-state index contributed by atoms with van der Waals surface area (Å²) in [6, 6.07) is 0.709. The standard InChI is InChI=1S/C16H32N2/c1-13(2)14-11-17-15(3,4)12-18(14)16(5)9-7-6-8-10-16/h13-14,17H,6-12H2,1-5H3. The number of rotatable bonds is 2. The Balaban J connectivity index is 2.18. The first-order valence-electron chi connectivity index (χ1n) is 7.86. The van der Waals surface area contributed by atoms with E-state index in [1.165, 1.54) is 38.6 Å². The zero-order valence-corrected chi connectivity index (χ0v) is 13.1. The van der Waals surface area contributed by atoms with Crippen molar-refractivity contribution in [1.29, 1.82) is 0 Å². The zero-order valence-electron chi connectivity index (χ0n) is 13.1. The van der Waals surface area contributed by atoms with Crippen molar-refractivity contribution in [2.75, 3.05) is 13.1 Å². The van der Waals surface area contributed by atoms with Crippen LogP contribution in [0.4, 0.5) is 0 Å². The molecule has 0 aromatic carbocycles. The highest BCUT2D eigenvalue weighted by Crippen LogP contribution is 2.38. The van der Waals surface area contributed by atoms with Crippen LogP contribution in [-0.4, -0.2) is 35.1 Å². The van der Waals surface area contributed by atoms with Gasteiger partial charge in [0.05, 0.1) is 0 Å². The van der Waals surface area contributed by atoms with Gasteiger partial charge in [-0.05, 0) is 39.5 Å². The minimum atomic E-state index is 0.270. The summed E-state index contributed by atoms with van der Waals surface area (Å²) in [5, 5.41) is 3.73. The van der Waals surface area contributed by atoms with Gasteiger partial charge in [0.15, 0.2) is 0 Å². The summed E-state index contributed by atoms with van der Waals surface area (Å²) in [6.07, 6.45) is 7.08. The maximum absolute atomic E-state index is 3.73. The van der Waals surface area contributed by atoms with E-state index in [0.29, 0.717) is 11.6 Å². The van der Waals surface area contributed by atoms with Gasteiger partial charge in [-0.15, -0.1) is 0 Å². The topological polar surface area (TPSA) is 15.3 Å². The molecule has 2 heteroatoms. The van der Waals surface area contributed by atoms with Gasteiger partial charge in [0.2, 0.25) is 0 Å². The Morgan fingerprint density at radius 3 is 2.22 bits per heavy atom. The second-order valence-corrected chi connectivity index (χ2v) is 7.76. The molecule has 0 spiro atoms. The van der Waals surface area contributed by atoms with Crippen molar-refractivity contribution in [3.05, 3.63) is 0 Å². The third kappa shape index (κ3) is 2.91. The van der Waals surface area contributed by atoms with E-state index in [0.717, 1.165) is 12.5 Å². The van der Waals surface area contributed by atoms with Crippen LogP contribution in [0.15, 0.2) is 0 Å². The van der Waals surface area contributed by atoms with Crippen LogP contribution in [0.3, 0.4) is 0 Å². The predicted molar refractivity (Wildman–Crippen MR) is 78.9 cm³/mol. The molecule has 106 valence electrons. The zero-order chi connectivity index (χ0) is 13.4. The maximum Gasteiger partial charge on any atom is 0.0253 e. The van der Waals surface area contributed by atoms with Gasteiger partial charge < -0.3 is 5.32 Å². The molecule has 2 rings (SSSR count).